The minimum Gasteiger partial charge on any atom is -0.454 e. The molecule has 3 aromatic rings. The Morgan fingerprint density at radius 2 is 1.71 bits per heavy atom. The van der Waals surface area contributed by atoms with Crippen LogP contribution in [0.1, 0.15) is 57.5 Å². The molecule has 2 aliphatic rings. The van der Waals surface area contributed by atoms with Crippen molar-refractivity contribution in [1.29, 1.82) is 0 Å². The lowest BCUT2D eigenvalue weighted by atomic mass is 10.00. The highest BCUT2D eigenvalue weighted by Crippen LogP contribution is 2.33. The smallest absolute Gasteiger partial charge is 0.231 e. The van der Waals surface area contributed by atoms with E-state index >= 15 is 0 Å². The van der Waals surface area contributed by atoms with E-state index in [1.165, 1.54) is 0 Å². The monoisotopic (exact) mass is 431 g/mol. The third kappa shape index (κ3) is 4.92. The van der Waals surface area contributed by atoms with Crippen LogP contribution in [0.3, 0.4) is 0 Å². The van der Waals surface area contributed by atoms with Gasteiger partial charge in [-0.25, -0.2) is 0 Å². The summed E-state index contributed by atoms with van der Waals surface area (Å²) in [6.07, 6.45) is -2.90. The standard InChI is InChI=1S/C27H29NO3/c1-3-8-22(9-4-1)27(23-10-5-2-6-11-23)31-24-12-7-16-28(19-24)17-15-21-13-14-25-26(18-21)30-20-29-25/h1-6,8-11,13-14,18,24,27H,7,12,15-17,19-20H2/t24-/m1/s1/i1D,2D,3D,4D,5D,6D,8D,9D,10D,11D,13D,14D,18D,20D2,27D. The van der Waals surface area contributed by atoms with Gasteiger partial charge in [0.25, 0.3) is 0 Å². The molecular weight excluding hydrogens is 386 g/mol. The van der Waals surface area contributed by atoms with Gasteiger partial charge in [-0.05, 0) is 54.6 Å². The molecule has 0 aromatic heterocycles. The topological polar surface area (TPSA) is 30.9 Å². The van der Waals surface area contributed by atoms with Crippen molar-refractivity contribution >= 4 is 0 Å². The molecule has 4 heteroatoms. The number of hydrogen-bond acceptors (Lipinski definition) is 4. The van der Waals surface area contributed by atoms with Gasteiger partial charge in [0.1, 0.15) is 8.82 Å². The first-order valence-electron chi connectivity index (χ1n) is 17.9. The Balaban J connectivity index is 1.51. The Labute approximate surface area is 206 Å². The number of piperidine rings is 1. The molecule has 0 amide bonds. The van der Waals surface area contributed by atoms with Crippen LogP contribution in [-0.4, -0.2) is 37.4 Å². The molecule has 31 heavy (non-hydrogen) atoms. The van der Waals surface area contributed by atoms with Crippen LogP contribution in [0.2, 0.25) is 0 Å². The van der Waals surface area contributed by atoms with Gasteiger partial charge < -0.3 is 19.1 Å². The Bertz CT molecular complexity index is 1660. The van der Waals surface area contributed by atoms with Crippen LogP contribution in [0.5, 0.6) is 11.5 Å². The SMILES string of the molecule is [2H]c1c([2H])c([2H])c(C([2H])(O[C@@H]2CCCN(CCc3c([2H])c([2H])c4c(c3[2H])OC([2H])([2H])O4)C2)c2c([2H])c([2H])c([2H])c([2H])c2[2H])c([2H])c1[2H]. The molecule has 3 aromatic carbocycles. The lowest BCUT2D eigenvalue weighted by Gasteiger charge is -2.35. The Morgan fingerprint density at radius 3 is 2.45 bits per heavy atom. The molecule has 2 aliphatic heterocycles. The van der Waals surface area contributed by atoms with Gasteiger partial charge in [0.15, 0.2) is 11.5 Å². The third-order valence-corrected chi connectivity index (χ3v) is 4.96. The molecular formula is C27H29NO3. The van der Waals surface area contributed by atoms with E-state index < -0.39 is 96.5 Å². The van der Waals surface area contributed by atoms with Crippen molar-refractivity contribution < 1.29 is 36.1 Å². The van der Waals surface area contributed by atoms with Crippen molar-refractivity contribution in [3.8, 4) is 11.5 Å². The molecule has 1 atom stereocenters. The fourth-order valence-electron chi connectivity index (χ4n) is 3.51. The highest BCUT2D eigenvalue weighted by atomic mass is 16.7. The van der Waals surface area contributed by atoms with Gasteiger partial charge in [-0.3, -0.25) is 0 Å². The maximum atomic E-state index is 9.51. The van der Waals surface area contributed by atoms with E-state index in [0.29, 0.717) is 19.4 Å². The van der Waals surface area contributed by atoms with Gasteiger partial charge >= 0.3 is 0 Å². The summed E-state index contributed by atoms with van der Waals surface area (Å²) < 4.78 is 149. The normalized spacial score (nSPS) is 27.7. The van der Waals surface area contributed by atoms with E-state index in [1.54, 1.807) is 0 Å². The van der Waals surface area contributed by atoms with Crippen molar-refractivity contribution in [1.82, 2.24) is 4.90 Å². The molecule has 0 spiro atoms. The van der Waals surface area contributed by atoms with Crippen molar-refractivity contribution in [2.24, 2.45) is 0 Å². The molecule has 0 N–H and O–H groups in total. The summed E-state index contributed by atoms with van der Waals surface area (Å²) in [5.41, 5.74) is -1.30. The molecule has 0 saturated carbocycles. The predicted molar refractivity (Wildman–Crippen MR) is 122 cm³/mol. The summed E-state index contributed by atoms with van der Waals surface area (Å²) in [6, 6.07) is -8.99. The van der Waals surface area contributed by atoms with Gasteiger partial charge in [0.05, 0.1) is 25.3 Å². The highest BCUT2D eigenvalue weighted by Gasteiger charge is 2.25. The van der Waals surface area contributed by atoms with E-state index in [-0.39, 0.29) is 48.7 Å². The molecule has 0 aliphatic carbocycles. The lowest BCUT2D eigenvalue weighted by Crippen LogP contribution is -2.41. The highest BCUT2D eigenvalue weighted by molar-refractivity contribution is 5.44. The molecule has 0 bridgehead atoms. The van der Waals surface area contributed by atoms with Crippen LogP contribution in [0.4, 0.5) is 0 Å². The fourth-order valence-corrected chi connectivity index (χ4v) is 3.51. The summed E-state index contributed by atoms with van der Waals surface area (Å²) in [6.45, 7) is -1.80. The summed E-state index contributed by atoms with van der Waals surface area (Å²) >= 11 is 0. The van der Waals surface area contributed by atoms with Crippen molar-refractivity contribution in [3.05, 3.63) is 95.2 Å². The van der Waals surface area contributed by atoms with Gasteiger partial charge in [-0.15, -0.1) is 0 Å². The van der Waals surface area contributed by atoms with Crippen LogP contribution in [0, 0.1) is 0 Å². The van der Waals surface area contributed by atoms with Crippen LogP contribution < -0.4 is 9.47 Å². The van der Waals surface area contributed by atoms with Crippen LogP contribution in [-0.2, 0) is 11.2 Å². The average molecular weight is 432 g/mol. The zero-order chi connectivity index (χ0) is 34.9. The number of rotatable bonds is 7. The van der Waals surface area contributed by atoms with Gasteiger partial charge in [-0.2, -0.15) is 0 Å². The van der Waals surface area contributed by atoms with Crippen molar-refractivity contribution in [2.45, 2.75) is 31.4 Å². The van der Waals surface area contributed by atoms with Gasteiger partial charge in [0, 0.05) is 13.1 Å². The number of fused-ring (bicyclic) bond motifs is 1. The first-order valence-corrected chi connectivity index (χ1v) is 9.88. The van der Waals surface area contributed by atoms with Gasteiger partial charge in [0.2, 0.25) is 6.75 Å². The average Bonchev–Trinajstić information content (AvgIpc) is 3.35. The zero-order valence-corrected chi connectivity index (χ0v) is 16.5. The zero-order valence-electron chi connectivity index (χ0n) is 32.5. The van der Waals surface area contributed by atoms with Crippen LogP contribution >= 0.6 is 0 Å². The third-order valence-electron chi connectivity index (χ3n) is 4.96. The Hall–Kier alpha value is -2.82. The van der Waals surface area contributed by atoms with E-state index in [4.69, 9.17) is 34.8 Å². The lowest BCUT2D eigenvalue weighted by molar-refractivity contribution is -0.0330. The van der Waals surface area contributed by atoms with E-state index in [2.05, 4.69) is 0 Å². The minimum atomic E-state index is -2.84. The maximum absolute atomic E-state index is 9.51. The maximum Gasteiger partial charge on any atom is 0.231 e. The second-order valence-corrected chi connectivity index (χ2v) is 7.06. The number of ether oxygens (including phenoxy) is 3. The molecule has 5 rings (SSSR count). The quantitative estimate of drug-likeness (QED) is 0.513. The van der Waals surface area contributed by atoms with E-state index in [9.17, 15) is 1.37 Å². The number of benzene rings is 3. The molecule has 1 saturated heterocycles. The Kier molecular flexibility index (Phi) is 2.76. The van der Waals surface area contributed by atoms with Crippen molar-refractivity contribution in [2.75, 3.05) is 26.4 Å². The largest absolute Gasteiger partial charge is 0.454 e. The summed E-state index contributed by atoms with van der Waals surface area (Å²) in [5.74, 6) is -0.602. The van der Waals surface area contributed by atoms with Gasteiger partial charge in [-0.1, -0.05) is 66.5 Å². The predicted octanol–water partition coefficient (Wildman–Crippen LogP) is 5.23. The number of nitrogens with zero attached hydrogens (tertiary/aromatic N) is 1. The molecule has 0 radical (unpaired) electrons. The first kappa shape index (κ1) is 8.97. The van der Waals surface area contributed by atoms with E-state index in [0.717, 1.165) is 0 Å². The second-order valence-electron chi connectivity index (χ2n) is 7.06. The summed E-state index contributed by atoms with van der Waals surface area (Å²) in [5, 5.41) is 0. The Morgan fingerprint density at radius 1 is 1.00 bits per heavy atom. The number of likely N-dealkylation sites (tertiary alicyclic amines) is 1. The number of hydrogen-bond donors (Lipinski definition) is 0. The fraction of sp³-hybridized carbons (Fsp3) is 0.333. The molecule has 4 nitrogen and oxygen atoms in total. The summed E-state index contributed by atoms with van der Waals surface area (Å²) in [7, 11) is 0. The minimum absolute atomic E-state index is 0.0636. The van der Waals surface area contributed by atoms with Crippen LogP contribution in [0.15, 0.2) is 78.6 Å². The molecule has 0 unspecified atom stereocenters. The molecule has 160 valence electrons. The summed E-state index contributed by atoms with van der Waals surface area (Å²) in [4.78, 5) is 1.85. The van der Waals surface area contributed by atoms with Crippen molar-refractivity contribution in [3.63, 3.8) is 0 Å². The molecule has 2 heterocycles. The molecule has 1 fully saturated rings. The first-order chi connectivity index (χ1) is 21.8. The van der Waals surface area contributed by atoms with E-state index in [1.807, 2.05) is 4.90 Å². The van der Waals surface area contributed by atoms with Crippen LogP contribution in [0.25, 0.3) is 0 Å². The second kappa shape index (κ2) is 9.54.